The largest absolute Gasteiger partial charge is 0.428 e. The molecule has 0 aromatic carbocycles. The van der Waals surface area contributed by atoms with Gasteiger partial charge >= 0.3 is 6.18 Å². The van der Waals surface area contributed by atoms with Crippen LogP contribution < -0.4 is 5.32 Å². The minimum Gasteiger partial charge on any atom is -0.353 e. The predicted molar refractivity (Wildman–Crippen MR) is 45.7 cm³/mol. The highest BCUT2D eigenvalue weighted by atomic mass is 31.1. The maximum absolute atomic E-state index is 12.3. The van der Waals surface area contributed by atoms with Crippen molar-refractivity contribution in [3.05, 3.63) is 0 Å². The molecule has 88 valence electrons. The van der Waals surface area contributed by atoms with E-state index in [4.69, 9.17) is 0 Å². The van der Waals surface area contributed by atoms with Crippen molar-refractivity contribution in [2.24, 2.45) is 0 Å². The molecule has 0 aliphatic carbocycles. The van der Waals surface area contributed by atoms with E-state index in [2.05, 4.69) is 0 Å². The third-order valence-corrected chi connectivity index (χ3v) is 1.99. The highest BCUT2D eigenvalue weighted by Gasteiger charge is 2.45. The Bertz CT molecular complexity index is 222. The van der Waals surface area contributed by atoms with Crippen LogP contribution in [0.15, 0.2) is 0 Å². The maximum atomic E-state index is 12.3. The predicted octanol–water partition coefficient (Wildman–Crippen LogP) is 2.07. The monoisotopic (exact) mass is 247 g/mol. The van der Waals surface area contributed by atoms with E-state index in [1.807, 2.05) is 5.32 Å². The Balaban J connectivity index is 3.70. The van der Waals surface area contributed by atoms with Gasteiger partial charge in [0.2, 0.25) is 0 Å². The molecule has 0 aliphatic rings. The Morgan fingerprint density at radius 1 is 1.33 bits per heavy atom. The van der Waals surface area contributed by atoms with Crippen molar-refractivity contribution in [1.82, 2.24) is 5.32 Å². The number of nitrogens with one attached hydrogen (secondary N) is 1. The van der Waals surface area contributed by atoms with Gasteiger partial charge in [0.1, 0.15) is 0 Å². The fourth-order valence-corrected chi connectivity index (χ4v) is 1.10. The van der Waals surface area contributed by atoms with Crippen LogP contribution in [0.3, 0.4) is 0 Å². The Morgan fingerprint density at radius 3 is 2.40 bits per heavy atom. The number of hydrogen-bond acceptors (Lipinski definition) is 2. The molecule has 3 nitrogen and oxygen atoms in total. The van der Waals surface area contributed by atoms with E-state index in [1.165, 1.54) is 0 Å². The summed E-state index contributed by atoms with van der Waals surface area (Å²) >= 11 is 0. The molecule has 1 unspecified atom stereocenters. The number of hydrogen-bond donors (Lipinski definition) is 1. The first-order valence-corrected chi connectivity index (χ1v) is 5.17. The van der Waals surface area contributed by atoms with Crippen molar-refractivity contribution in [3.63, 3.8) is 0 Å². The zero-order valence-electron chi connectivity index (χ0n) is 7.68. The molecule has 0 aromatic rings. The number of carbonyl (C=O) groups excluding carboxylic acids is 1. The smallest absolute Gasteiger partial charge is 0.353 e. The zero-order valence-corrected chi connectivity index (χ0v) is 8.58. The molecule has 8 heteroatoms. The van der Waals surface area contributed by atoms with Gasteiger partial charge in [0.25, 0.3) is 12.1 Å². The van der Waals surface area contributed by atoms with Crippen molar-refractivity contribution in [1.29, 1.82) is 0 Å². The van der Waals surface area contributed by atoms with Gasteiger partial charge in [-0.1, -0.05) is 0 Å². The molecule has 0 saturated carbocycles. The van der Waals surface area contributed by atoms with Crippen LogP contribution in [0.5, 0.6) is 0 Å². The van der Waals surface area contributed by atoms with E-state index in [1.54, 1.807) is 0 Å². The van der Waals surface area contributed by atoms with Crippen LogP contribution in [0.2, 0.25) is 0 Å². The molecule has 0 spiro atoms. The number of halogens is 4. The van der Waals surface area contributed by atoms with Crippen LogP contribution >= 0.6 is 8.46 Å². The van der Waals surface area contributed by atoms with E-state index in [0.717, 1.165) is 0 Å². The van der Waals surface area contributed by atoms with E-state index in [0.29, 0.717) is 19.0 Å². The molecule has 0 saturated heterocycles. The molecule has 1 N–H and O–H groups in total. The minimum absolute atomic E-state index is 0.0507. The maximum Gasteiger partial charge on any atom is 0.428 e. The lowest BCUT2D eigenvalue weighted by Crippen LogP contribution is -2.41. The molecule has 15 heavy (non-hydrogen) atoms. The van der Waals surface area contributed by atoms with Crippen molar-refractivity contribution in [2.45, 2.75) is 25.2 Å². The van der Waals surface area contributed by atoms with Crippen LogP contribution in [-0.2, 0) is 9.36 Å². The second kappa shape index (κ2) is 6.71. The Kier molecular flexibility index (Phi) is 6.40. The second-order valence-corrected chi connectivity index (χ2v) is 3.46. The molecular weight excluding hydrogens is 237 g/mol. The lowest BCUT2D eigenvalue weighted by molar-refractivity contribution is -0.186. The van der Waals surface area contributed by atoms with Gasteiger partial charge < -0.3 is 5.32 Å². The van der Waals surface area contributed by atoms with Crippen LogP contribution in [0.1, 0.15) is 12.8 Å². The molecule has 1 amide bonds. The standard InChI is InChI=1S/C7H10F4NO2P/c8-5(7(9,10)11)6(13)12-3-1-2-4-15-14/h5H,1-4H2,(H,12,13). The molecule has 1 atom stereocenters. The van der Waals surface area contributed by atoms with E-state index in [-0.39, 0.29) is 15.0 Å². The third kappa shape index (κ3) is 6.38. The minimum atomic E-state index is -5.16. The average Bonchev–Trinajstić information content (AvgIpc) is 2.14. The first-order valence-electron chi connectivity index (χ1n) is 4.17. The lowest BCUT2D eigenvalue weighted by atomic mass is 10.3. The zero-order chi connectivity index (χ0) is 11.9. The van der Waals surface area contributed by atoms with Gasteiger partial charge in [0.15, 0.2) is 8.46 Å². The molecule has 0 bridgehead atoms. The molecule has 0 fully saturated rings. The van der Waals surface area contributed by atoms with Gasteiger partial charge in [-0.3, -0.25) is 9.36 Å². The first kappa shape index (κ1) is 14.3. The molecular formula is C7H10F4NO2P. The summed E-state index contributed by atoms with van der Waals surface area (Å²) in [6.45, 7) is -0.0507. The summed E-state index contributed by atoms with van der Waals surface area (Å²) in [7, 11) is -0.0564. The summed E-state index contributed by atoms with van der Waals surface area (Å²) in [6, 6.07) is 0. The Morgan fingerprint density at radius 2 is 1.93 bits per heavy atom. The Hall–Kier alpha value is -0.710. The van der Waals surface area contributed by atoms with Gasteiger partial charge in [-0.25, -0.2) is 4.39 Å². The molecule has 0 rings (SSSR count). The summed E-state index contributed by atoms with van der Waals surface area (Å²) in [5.41, 5.74) is 0. The topological polar surface area (TPSA) is 46.2 Å². The number of unbranched alkanes of at least 4 members (excludes halogenated alkanes) is 1. The fourth-order valence-electron chi connectivity index (χ4n) is 0.751. The number of amides is 1. The van der Waals surface area contributed by atoms with Crippen molar-refractivity contribution >= 4 is 14.4 Å². The van der Waals surface area contributed by atoms with Crippen molar-refractivity contribution in [3.8, 4) is 0 Å². The van der Waals surface area contributed by atoms with Crippen LogP contribution in [0.25, 0.3) is 0 Å². The molecule has 0 heterocycles. The van der Waals surface area contributed by atoms with E-state index < -0.39 is 18.3 Å². The molecule has 0 radical (unpaired) electrons. The van der Waals surface area contributed by atoms with Crippen LogP contribution in [0.4, 0.5) is 17.6 Å². The summed E-state index contributed by atoms with van der Waals surface area (Å²) in [5, 5.41) is 1.81. The fraction of sp³-hybridized carbons (Fsp3) is 0.857. The van der Waals surface area contributed by atoms with Gasteiger partial charge in [0.05, 0.1) is 0 Å². The van der Waals surface area contributed by atoms with Gasteiger partial charge in [0, 0.05) is 12.7 Å². The lowest BCUT2D eigenvalue weighted by Gasteiger charge is -2.11. The van der Waals surface area contributed by atoms with Crippen molar-refractivity contribution in [2.75, 3.05) is 12.7 Å². The summed E-state index contributed by atoms with van der Waals surface area (Å²) in [6.07, 6.45) is -7.40. The highest BCUT2D eigenvalue weighted by molar-refractivity contribution is 7.23. The summed E-state index contributed by atoms with van der Waals surface area (Å²) in [5.74, 6) is -1.68. The number of carbonyl (C=O) groups is 1. The SMILES string of the molecule is O=PCCCCNC(=O)C(F)C(F)(F)F. The normalized spacial score (nSPS) is 13.9. The van der Waals surface area contributed by atoms with Crippen molar-refractivity contribution < 1.29 is 26.9 Å². The van der Waals surface area contributed by atoms with Crippen LogP contribution in [-0.4, -0.2) is 31.0 Å². The highest BCUT2D eigenvalue weighted by Crippen LogP contribution is 2.22. The van der Waals surface area contributed by atoms with Gasteiger partial charge in [-0.2, -0.15) is 13.2 Å². The quantitative estimate of drug-likeness (QED) is 0.443. The molecule has 0 aromatic heterocycles. The average molecular weight is 247 g/mol. The Labute approximate surface area is 85.4 Å². The summed E-state index contributed by atoms with van der Waals surface area (Å²) in [4.78, 5) is 10.6. The van der Waals surface area contributed by atoms with Gasteiger partial charge in [-0.05, 0) is 12.8 Å². The first-order chi connectivity index (χ1) is 6.89. The van der Waals surface area contributed by atoms with Crippen LogP contribution in [0, 0.1) is 0 Å². The molecule has 0 aliphatic heterocycles. The summed E-state index contributed by atoms with van der Waals surface area (Å²) < 4.78 is 57.2. The van der Waals surface area contributed by atoms with E-state index >= 15 is 0 Å². The van der Waals surface area contributed by atoms with Gasteiger partial charge in [-0.15, -0.1) is 0 Å². The number of rotatable bonds is 6. The second-order valence-electron chi connectivity index (χ2n) is 2.76. The number of alkyl halides is 4. The third-order valence-electron chi connectivity index (χ3n) is 1.49. The van der Waals surface area contributed by atoms with E-state index in [9.17, 15) is 26.9 Å².